The molecule has 1 aliphatic carbocycles. The Labute approximate surface area is 120 Å². The number of nitriles is 1. The molecule has 0 aromatic rings. The summed E-state index contributed by atoms with van der Waals surface area (Å²) in [6, 6.07) is 1.95. The maximum atomic E-state index is 12.2. The van der Waals surface area contributed by atoms with Gasteiger partial charge in [-0.15, -0.1) is 0 Å². The molecule has 0 aromatic heterocycles. The van der Waals surface area contributed by atoms with Gasteiger partial charge in [-0.05, 0) is 51.9 Å². The van der Waals surface area contributed by atoms with E-state index in [4.69, 9.17) is 5.26 Å². The van der Waals surface area contributed by atoms with Crippen molar-refractivity contribution in [3.63, 3.8) is 0 Å². The molecule has 20 heavy (non-hydrogen) atoms. The maximum absolute atomic E-state index is 12.2. The van der Waals surface area contributed by atoms with Crippen molar-refractivity contribution in [2.75, 3.05) is 6.54 Å². The van der Waals surface area contributed by atoms with E-state index < -0.39 is 11.0 Å². The fraction of sp³-hybridized carbons (Fsp3) is 0.800. The first-order valence-corrected chi connectivity index (χ1v) is 7.35. The minimum atomic E-state index is -0.658. The van der Waals surface area contributed by atoms with Gasteiger partial charge in [0.05, 0.1) is 11.5 Å². The van der Waals surface area contributed by atoms with Crippen molar-refractivity contribution in [2.24, 2.45) is 11.3 Å². The third-order valence-corrected chi connectivity index (χ3v) is 4.77. The van der Waals surface area contributed by atoms with E-state index in [1.807, 2.05) is 13.8 Å². The van der Waals surface area contributed by atoms with Crippen LogP contribution in [0.25, 0.3) is 0 Å². The van der Waals surface area contributed by atoms with Crippen molar-refractivity contribution in [1.29, 1.82) is 5.26 Å². The van der Waals surface area contributed by atoms with Crippen molar-refractivity contribution >= 4 is 11.9 Å². The molecule has 0 aromatic carbocycles. The summed E-state index contributed by atoms with van der Waals surface area (Å²) in [4.78, 5) is 26.0. The first-order chi connectivity index (χ1) is 9.31. The van der Waals surface area contributed by atoms with Crippen LogP contribution in [0.3, 0.4) is 0 Å². The molecule has 0 unspecified atom stereocenters. The van der Waals surface area contributed by atoms with Crippen LogP contribution in [0.15, 0.2) is 0 Å². The molecule has 0 radical (unpaired) electrons. The number of imide groups is 1. The number of nitrogens with zero attached hydrogens (tertiary/aromatic N) is 2. The van der Waals surface area contributed by atoms with Crippen LogP contribution < -0.4 is 5.32 Å². The second-order valence-corrected chi connectivity index (χ2v) is 6.87. The average Bonchev–Trinajstić information content (AvgIpc) is 2.62. The van der Waals surface area contributed by atoms with Gasteiger partial charge in [0.1, 0.15) is 5.54 Å². The predicted octanol–water partition coefficient (Wildman–Crippen LogP) is 2.43. The lowest BCUT2D eigenvalue weighted by atomic mass is 9.76. The Morgan fingerprint density at radius 3 is 2.55 bits per heavy atom. The lowest BCUT2D eigenvalue weighted by Gasteiger charge is -2.40. The zero-order valence-corrected chi connectivity index (χ0v) is 12.5. The van der Waals surface area contributed by atoms with E-state index in [0.717, 1.165) is 25.7 Å². The van der Waals surface area contributed by atoms with Gasteiger partial charge in [0.2, 0.25) is 0 Å². The summed E-state index contributed by atoms with van der Waals surface area (Å²) in [6.45, 7) is 6.37. The van der Waals surface area contributed by atoms with Gasteiger partial charge in [-0.25, -0.2) is 4.79 Å². The van der Waals surface area contributed by atoms with Crippen LogP contribution in [0, 0.1) is 22.7 Å². The summed E-state index contributed by atoms with van der Waals surface area (Å²) in [5.41, 5.74) is -1.13. The molecule has 2 fully saturated rings. The Kier molecular flexibility index (Phi) is 3.77. The summed E-state index contributed by atoms with van der Waals surface area (Å²) >= 11 is 0. The van der Waals surface area contributed by atoms with Crippen molar-refractivity contribution in [3.8, 4) is 6.07 Å². The van der Waals surface area contributed by atoms with Crippen LogP contribution in [-0.4, -0.2) is 28.9 Å². The highest BCUT2D eigenvalue weighted by Crippen LogP contribution is 2.40. The molecule has 5 nitrogen and oxygen atoms in total. The van der Waals surface area contributed by atoms with Crippen molar-refractivity contribution < 1.29 is 9.59 Å². The van der Waals surface area contributed by atoms with Gasteiger partial charge < -0.3 is 4.90 Å². The highest BCUT2D eigenvalue weighted by molar-refractivity contribution is 6.07. The number of carbonyl (C=O) groups excluding carboxylic acids is 2. The Morgan fingerprint density at radius 1 is 1.40 bits per heavy atom. The molecular formula is C15H23N3O2. The molecule has 3 amide bonds. The molecule has 1 heterocycles. The third kappa shape index (κ3) is 2.52. The fourth-order valence-corrected chi connectivity index (χ4v) is 3.10. The van der Waals surface area contributed by atoms with E-state index in [-0.39, 0.29) is 11.9 Å². The van der Waals surface area contributed by atoms with Gasteiger partial charge in [0.15, 0.2) is 0 Å². The van der Waals surface area contributed by atoms with Crippen molar-refractivity contribution in [3.05, 3.63) is 0 Å². The van der Waals surface area contributed by atoms with Crippen molar-refractivity contribution in [1.82, 2.24) is 10.2 Å². The average molecular weight is 277 g/mol. The number of hydrogen-bond acceptors (Lipinski definition) is 3. The van der Waals surface area contributed by atoms with E-state index in [1.54, 1.807) is 4.90 Å². The number of rotatable bonds is 3. The number of amides is 3. The largest absolute Gasteiger partial charge is 0.325 e. The molecule has 0 bridgehead atoms. The van der Waals surface area contributed by atoms with Crippen LogP contribution in [0.2, 0.25) is 0 Å². The van der Waals surface area contributed by atoms with E-state index >= 15 is 0 Å². The summed E-state index contributed by atoms with van der Waals surface area (Å²) in [6.07, 6.45) is 4.00. The highest BCUT2D eigenvalue weighted by atomic mass is 16.2. The minimum Gasteiger partial charge on any atom is -0.310 e. The molecule has 1 saturated heterocycles. The zero-order chi connectivity index (χ0) is 15.0. The van der Waals surface area contributed by atoms with E-state index in [1.165, 1.54) is 0 Å². The molecular weight excluding hydrogens is 254 g/mol. The Balaban J connectivity index is 2.15. The molecule has 1 aliphatic heterocycles. The topological polar surface area (TPSA) is 73.2 Å². The number of carbonyl (C=O) groups is 2. The van der Waals surface area contributed by atoms with Gasteiger partial charge in [-0.3, -0.25) is 10.1 Å². The molecule has 5 heteroatoms. The van der Waals surface area contributed by atoms with Crippen LogP contribution in [0.5, 0.6) is 0 Å². The van der Waals surface area contributed by atoms with Crippen LogP contribution in [-0.2, 0) is 4.79 Å². The van der Waals surface area contributed by atoms with Crippen LogP contribution in [0.4, 0.5) is 4.79 Å². The normalized spacial score (nSPS) is 30.5. The number of urea groups is 1. The van der Waals surface area contributed by atoms with Crippen molar-refractivity contribution in [2.45, 2.75) is 58.4 Å². The lowest BCUT2D eigenvalue weighted by molar-refractivity contribution is -0.128. The van der Waals surface area contributed by atoms with Gasteiger partial charge in [-0.1, -0.05) is 6.92 Å². The van der Waals surface area contributed by atoms with E-state index in [2.05, 4.69) is 18.3 Å². The molecule has 0 atom stereocenters. The molecule has 1 N–H and O–H groups in total. The summed E-state index contributed by atoms with van der Waals surface area (Å²) in [5.74, 6) is 0.464. The Hall–Kier alpha value is -1.57. The highest BCUT2D eigenvalue weighted by Gasteiger charge is 2.53. The molecule has 2 aliphatic rings. The number of hydrogen-bond donors (Lipinski definition) is 1. The first kappa shape index (κ1) is 14.8. The quantitative estimate of drug-likeness (QED) is 0.805. The van der Waals surface area contributed by atoms with Gasteiger partial charge in [0, 0.05) is 6.54 Å². The monoisotopic (exact) mass is 277 g/mol. The van der Waals surface area contributed by atoms with Gasteiger partial charge in [-0.2, -0.15) is 5.26 Å². The van der Waals surface area contributed by atoms with Crippen LogP contribution in [0.1, 0.15) is 52.9 Å². The van der Waals surface area contributed by atoms with Crippen LogP contribution >= 0.6 is 0 Å². The SMILES string of the molecule is CC1CCC2(CC1)C(=O)NC(=O)N2CCC(C)(C)C#N. The molecule has 110 valence electrons. The molecule has 1 saturated carbocycles. The van der Waals surface area contributed by atoms with Gasteiger partial charge in [0.25, 0.3) is 5.91 Å². The standard InChI is InChI=1S/C15H23N3O2/c1-11-4-6-15(7-5-11)12(19)17-13(20)18(15)9-8-14(2,3)10-16/h11H,4-9H2,1-3H3,(H,17,19,20). The molecule has 2 rings (SSSR count). The minimum absolute atomic E-state index is 0.149. The summed E-state index contributed by atoms with van der Waals surface area (Å²) in [7, 11) is 0. The fourth-order valence-electron chi connectivity index (χ4n) is 3.10. The Bertz CT molecular complexity index is 456. The predicted molar refractivity (Wildman–Crippen MR) is 74.6 cm³/mol. The second-order valence-electron chi connectivity index (χ2n) is 6.87. The maximum Gasteiger partial charge on any atom is 0.325 e. The third-order valence-electron chi connectivity index (χ3n) is 4.77. The zero-order valence-electron chi connectivity index (χ0n) is 12.5. The first-order valence-electron chi connectivity index (χ1n) is 7.35. The summed E-state index contributed by atoms with van der Waals surface area (Å²) < 4.78 is 0. The Morgan fingerprint density at radius 2 is 2.00 bits per heavy atom. The summed E-state index contributed by atoms with van der Waals surface area (Å²) in [5, 5.41) is 11.5. The number of nitrogens with one attached hydrogen (secondary N) is 1. The van der Waals surface area contributed by atoms with Gasteiger partial charge >= 0.3 is 6.03 Å². The lowest BCUT2D eigenvalue weighted by Crippen LogP contribution is -2.52. The van der Waals surface area contributed by atoms with E-state index in [9.17, 15) is 9.59 Å². The van der Waals surface area contributed by atoms with E-state index in [0.29, 0.717) is 18.9 Å². The smallest absolute Gasteiger partial charge is 0.310 e. The second kappa shape index (κ2) is 5.08. The molecule has 1 spiro atoms.